The molecule has 2 aromatic rings. The van der Waals surface area contributed by atoms with E-state index in [-0.39, 0.29) is 0 Å². The minimum atomic E-state index is -0.546. The summed E-state index contributed by atoms with van der Waals surface area (Å²) in [4.78, 5) is 4.67. The molecule has 1 aliphatic carbocycles. The van der Waals surface area contributed by atoms with Gasteiger partial charge >= 0.3 is 0 Å². The van der Waals surface area contributed by atoms with Crippen LogP contribution < -0.4 is 0 Å². The Morgan fingerprint density at radius 3 is 2.89 bits per heavy atom. The highest BCUT2D eigenvalue weighted by Gasteiger charge is 2.37. The number of aryl methyl sites for hydroxylation is 1. The van der Waals surface area contributed by atoms with Gasteiger partial charge in [0.2, 0.25) is 0 Å². The minimum Gasteiger partial charge on any atom is -0.389 e. The van der Waals surface area contributed by atoms with Gasteiger partial charge in [-0.1, -0.05) is 25.5 Å². The number of nitrogens with zero attached hydrogens (tertiary/aromatic N) is 2. The second-order valence-corrected chi connectivity index (χ2v) is 5.99. The van der Waals surface area contributed by atoms with Crippen molar-refractivity contribution in [1.29, 1.82) is 0 Å². The Balaban J connectivity index is 1.87. The fourth-order valence-corrected chi connectivity index (χ4v) is 3.37. The molecule has 0 radical (unpaired) electrons. The normalized spacial score (nSPS) is 27.2. The van der Waals surface area contributed by atoms with Crippen LogP contribution in [0.5, 0.6) is 0 Å². The molecule has 1 aromatic carbocycles. The van der Waals surface area contributed by atoms with Crippen molar-refractivity contribution in [1.82, 2.24) is 9.55 Å². The van der Waals surface area contributed by atoms with Crippen LogP contribution in [0.25, 0.3) is 11.0 Å². The number of aliphatic hydroxyl groups is 1. The van der Waals surface area contributed by atoms with E-state index in [0.29, 0.717) is 12.3 Å². The van der Waals surface area contributed by atoms with Gasteiger partial charge in [-0.05, 0) is 37.3 Å². The Morgan fingerprint density at radius 1 is 1.42 bits per heavy atom. The topological polar surface area (TPSA) is 38.1 Å². The fraction of sp³-hybridized carbons (Fsp3) is 0.562. The van der Waals surface area contributed by atoms with Gasteiger partial charge in [-0.2, -0.15) is 0 Å². The number of benzene rings is 1. The molecule has 19 heavy (non-hydrogen) atoms. The van der Waals surface area contributed by atoms with E-state index in [1.54, 1.807) is 0 Å². The van der Waals surface area contributed by atoms with E-state index in [2.05, 4.69) is 22.5 Å². The van der Waals surface area contributed by atoms with E-state index in [0.717, 1.165) is 36.1 Å². The fourth-order valence-electron chi connectivity index (χ4n) is 3.37. The Kier molecular flexibility index (Phi) is 3.09. The number of aromatic nitrogens is 2. The second-order valence-electron chi connectivity index (χ2n) is 5.99. The number of para-hydroxylation sites is 2. The van der Waals surface area contributed by atoms with Gasteiger partial charge < -0.3 is 9.67 Å². The van der Waals surface area contributed by atoms with Crippen LogP contribution in [0.2, 0.25) is 0 Å². The molecular formula is C16H22N2O. The molecule has 3 rings (SSSR count). The zero-order chi connectivity index (χ0) is 13.5. The van der Waals surface area contributed by atoms with Crippen LogP contribution in [0.4, 0.5) is 0 Å². The first-order valence-corrected chi connectivity index (χ1v) is 7.24. The Bertz CT molecular complexity index is 589. The predicted octanol–water partition coefficient (Wildman–Crippen LogP) is 3.06. The maximum atomic E-state index is 10.7. The van der Waals surface area contributed by atoms with Gasteiger partial charge in [0.25, 0.3) is 0 Å². The Labute approximate surface area is 114 Å². The lowest BCUT2D eigenvalue weighted by molar-refractivity contribution is 0.0412. The highest BCUT2D eigenvalue weighted by molar-refractivity contribution is 5.75. The molecule has 0 spiro atoms. The molecule has 0 amide bonds. The average molecular weight is 258 g/mol. The van der Waals surface area contributed by atoms with Crippen LogP contribution in [-0.4, -0.2) is 20.3 Å². The molecule has 1 aromatic heterocycles. The summed E-state index contributed by atoms with van der Waals surface area (Å²) in [6, 6.07) is 8.16. The molecule has 3 nitrogen and oxygen atoms in total. The van der Waals surface area contributed by atoms with Crippen molar-refractivity contribution in [3.05, 3.63) is 30.1 Å². The quantitative estimate of drug-likeness (QED) is 0.919. The molecule has 1 fully saturated rings. The number of imidazole rings is 1. The smallest absolute Gasteiger partial charge is 0.112 e. The maximum absolute atomic E-state index is 10.7. The second kappa shape index (κ2) is 4.64. The van der Waals surface area contributed by atoms with E-state index >= 15 is 0 Å². The lowest BCUT2D eigenvalue weighted by Crippen LogP contribution is -2.29. The van der Waals surface area contributed by atoms with Crippen molar-refractivity contribution in [2.24, 2.45) is 13.0 Å². The zero-order valence-corrected chi connectivity index (χ0v) is 11.8. The molecule has 3 heteroatoms. The van der Waals surface area contributed by atoms with Crippen LogP contribution in [0.3, 0.4) is 0 Å². The van der Waals surface area contributed by atoms with Crippen molar-refractivity contribution in [2.75, 3.05) is 0 Å². The average Bonchev–Trinajstić information content (AvgIpc) is 2.93. The number of fused-ring (bicyclic) bond motifs is 1. The summed E-state index contributed by atoms with van der Waals surface area (Å²) in [5, 5.41) is 10.7. The lowest BCUT2D eigenvalue weighted by atomic mass is 9.95. The molecule has 0 bridgehead atoms. The summed E-state index contributed by atoms with van der Waals surface area (Å²) in [6.45, 7) is 2.21. The van der Waals surface area contributed by atoms with Crippen LogP contribution in [0, 0.1) is 5.92 Å². The van der Waals surface area contributed by atoms with Crippen LogP contribution in [-0.2, 0) is 13.5 Å². The van der Waals surface area contributed by atoms with Crippen LogP contribution in [0.15, 0.2) is 24.3 Å². The van der Waals surface area contributed by atoms with Gasteiger partial charge in [-0.25, -0.2) is 4.98 Å². The van der Waals surface area contributed by atoms with Gasteiger partial charge in [0.05, 0.1) is 16.6 Å². The van der Waals surface area contributed by atoms with Crippen molar-refractivity contribution in [3.8, 4) is 0 Å². The number of hydrogen-bond acceptors (Lipinski definition) is 2. The SMILES string of the molecule is CCC1CCC(O)(Cc2nc3ccccc3n2C)C1. The van der Waals surface area contributed by atoms with E-state index in [1.165, 1.54) is 6.42 Å². The molecular weight excluding hydrogens is 236 g/mol. The van der Waals surface area contributed by atoms with Gasteiger partial charge in [-0.15, -0.1) is 0 Å². The maximum Gasteiger partial charge on any atom is 0.112 e. The van der Waals surface area contributed by atoms with Crippen LogP contribution >= 0.6 is 0 Å². The summed E-state index contributed by atoms with van der Waals surface area (Å²) in [7, 11) is 2.04. The molecule has 1 heterocycles. The van der Waals surface area contributed by atoms with Gasteiger partial charge in [0.1, 0.15) is 5.82 Å². The largest absolute Gasteiger partial charge is 0.389 e. The van der Waals surface area contributed by atoms with Crippen molar-refractivity contribution < 1.29 is 5.11 Å². The molecule has 0 aliphatic heterocycles. The van der Waals surface area contributed by atoms with Crippen molar-refractivity contribution in [3.63, 3.8) is 0 Å². The first-order valence-electron chi connectivity index (χ1n) is 7.24. The summed E-state index contributed by atoms with van der Waals surface area (Å²) in [6.07, 6.45) is 4.83. The van der Waals surface area contributed by atoms with E-state index < -0.39 is 5.60 Å². The first-order chi connectivity index (χ1) is 9.11. The Morgan fingerprint density at radius 2 is 2.21 bits per heavy atom. The highest BCUT2D eigenvalue weighted by Crippen LogP contribution is 2.38. The Hall–Kier alpha value is -1.35. The summed E-state index contributed by atoms with van der Waals surface area (Å²) >= 11 is 0. The molecule has 0 saturated heterocycles. The zero-order valence-electron chi connectivity index (χ0n) is 11.8. The molecule has 2 unspecified atom stereocenters. The highest BCUT2D eigenvalue weighted by atomic mass is 16.3. The molecule has 102 valence electrons. The molecule has 1 N–H and O–H groups in total. The number of hydrogen-bond donors (Lipinski definition) is 1. The third-order valence-electron chi connectivity index (χ3n) is 4.63. The monoisotopic (exact) mass is 258 g/mol. The predicted molar refractivity (Wildman–Crippen MR) is 77.0 cm³/mol. The summed E-state index contributed by atoms with van der Waals surface area (Å²) in [5.41, 5.74) is 1.62. The third kappa shape index (κ3) is 2.27. The molecule has 2 atom stereocenters. The van der Waals surface area contributed by atoms with Gasteiger partial charge in [-0.3, -0.25) is 0 Å². The van der Waals surface area contributed by atoms with E-state index in [9.17, 15) is 5.11 Å². The molecule has 1 saturated carbocycles. The third-order valence-corrected chi connectivity index (χ3v) is 4.63. The van der Waals surface area contributed by atoms with E-state index in [1.807, 2.05) is 25.2 Å². The summed E-state index contributed by atoms with van der Waals surface area (Å²) in [5.74, 6) is 1.68. The van der Waals surface area contributed by atoms with Gasteiger partial charge in [0.15, 0.2) is 0 Å². The van der Waals surface area contributed by atoms with Crippen molar-refractivity contribution in [2.45, 2.75) is 44.6 Å². The number of rotatable bonds is 3. The summed E-state index contributed by atoms with van der Waals surface area (Å²) < 4.78 is 2.12. The standard InChI is InChI=1S/C16H22N2O/c1-3-12-8-9-16(19,10-12)11-15-17-13-6-4-5-7-14(13)18(15)2/h4-7,12,19H,3,8-11H2,1-2H3. The minimum absolute atomic E-state index is 0.546. The van der Waals surface area contributed by atoms with E-state index in [4.69, 9.17) is 0 Å². The van der Waals surface area contributed by atoms with Crippen molar-refractivity contribution >= 4 is 11.0 Å². The lowest BCUT2D eigenvalue weighted by Gasteiger charge is -2.22. The van der Waals surface area contributed by atoms with Crippen LogP contribution in [0.1, 0.15) is 38.4 Å². The molecule has 1 aliphatic rings. The van der Waals surface area contributed by atoms with Gasteiger partial charge in [0, 0.05) is 13.5 Å². The first kappa shape index (κ1) is 12.7.